The van der Waals surface area contributed by atoms with E-state index in [-0.39, 0.29) is 19.3 Å². The number of carbonyl (C=O) groups is 1. The van der Waals surface area contributed by atoms with Crippen LogP contribution in [0.2, 0.25) is 10.0 Å². The number of benzene rings is 2. The minimum atomic E-state index is -3.73. The minimum Gasteiger partial charge on any atom is -0.378 e. The lowest BCUT2D eigenvalue weighted by atomic mass is 10.0. The molecule has 2 aliphatic carbocycles. The van der Waals surface area contributed by atoms with Gasteiger partial charge in [0.15, 0.2) is 0 Å². The second kappa shape index (κ2) is 10.6. The molecule has 2 aromatic carbocycles. The predicted octanol–water partition coefficient (Wildman–Crippen LogP) is 5.17. The summed E-state index contributed by atoms with van der Waals surface area (Å²) in [6.45, 7) is 1.46. The average molecular weight is 619 g/mol. The molecule has 2 aliphatic heterocycles. The largest absolute Gasteiger partial charge is 0.378 e. The maximum atomic E-state index is 12.5. The molecule has 9 nitrogen and oxygen atoms in total. The van der Waals surface area contributed by atoms with Crippen molar-refractivity contribution in [3.63, 3.8) is 0 Å². The second-order valence-corrected chi connectivity index (χ2v) is 14.1. The highest BCUT2D eigenvalue weighted by molar-refractivity contribution is 7.90. The lowest BCUT2D eigenvalue weighted by molar-refractivity contribution is 0.0122. The van der Waals surface area contributed by atoms with Gasteiger partial charge in [-0.2, -0.15) is 0 Å². The van der Waals surface area contributed by atoms with E-state index in [0.29, 0.717) is 51.4 Å². The Kier molecular flexibility index (Phi) is 7.02. The molecule has 4 fully saturated rings. The predicted molar refractivity (Wildman–Crippen MR) is 154 cm³/mol. The van der Waals surface area contributed by atoms with Gasteiger partial charge in [-0.1, -0.05) is 34.4 Å². The fraction of sp³-hybridized carbons (Fsp3) is 0.448. The lowest BCUT2D eigenvalue weighted by Crippen LogP contribution is -2.48. The quantitative estimate of drug-likeness (QED) is 0.350. The van der Waals surface area contributed by atoms with Gasteiger partial charge in [0, 0.05) is 46.8 Å². The maximum Gasteiger partial charge on any atom is 0.264 e. The summed E-state index contributed by atoms with van der Waals surface area (Å²) in [6.07, 6.45) is 4.18. The summed E-state index contributed by atoms with van der Waals surface area (Å²) in [6, 6.07) is 12.8. The van der Waals surface area contributed by atoms with E-state index in [0.717, 1.165) is 49.2 Å². The molecule has 3 atom stereocenters. The van der Waals surface area contributed by atoms with Gasteiger partial charge in [-0.3, -0.25) is 4.79 Å². The summed E-state index contributed by atoms with van der Waals surface area (Å²) >= 11 is 13.0. The Morgan fingerprint density at radius 2 is 1.80 bits per heavy atom. The molecule has 7 rings (SSSR count). The number of hydrogen-bond donors (Lipinski definition) is 1. The summed E-state index contributed by atoms with van der Waals surface area (Å²) in [5.41, 5.74) is 3.58. The first kappa shape index (κ1) is 27.2. The van der Waals surface area contributed by atoms with E-state index < -0.39 is 21.2 Å². The van der Waals surface area contributed by atoms with Gasteiger partial charge in [-0.05, 0) is 62.1 Å². The summed E-state index contributed by atoms with van der Waals surface area (Å²) < 4.78 is 43.9. The van der Waals surface area contributed by atoms with Crippen LogP contribution in [0.4, 0.5) is 5.69 Å². The summed E-state index contributed by atoms with van der Waals surface area (Å²) in [5, 5.41) is 4.76. The smallest absolute Gasteiger partial charge is 0.264 e. The average Bonchev–Trinajstić information content (AvgIpc) is 3.36. The van der Waals surface area contributed by atoms with Gasteiger partial charge in [-0.25, -0.2) is 13.1 Å². The van der Waals surface area contributed by atoms with Crippen molar-refractivity contribution in [1.29, 1.82) is 0 Å². The second-order valence-electron chi connectivity index (χ2n) is 11.3. The van der Waals surface area contributed by atoms with E-state index in [9.17, 15) is 13.2 Å². The van der Waals surface area contributed by atoms with Crippen LogP contribution in [0.15, 0.2) is 47.0 Å². The first-order valence-corrected chi connectivity index (χ1v) is 16.1. The Bertz CT molecular complexity index is 1570. The molecule has 216 valence electrons. The molecule has 3 aromatic rings. The fourth-order valence-corrected chi connectivity index (χ4v) is 7.80. The Balaban J connectivity index is 1.00. The van der Waals surface area contributed by atoms with Crippen molar-refractivity contribution in [1.82, 2.24) is 9.88 Å². The van der Waals surface area contributed by atoms with E-state index in [4.69, 9.17) is 37.2 Å². The minimum absolute atomic E-state index is 0.110. The van der Waals surface area contributed by atoms with Gasteiger partial charge < -0.3 is 18.9 Å². The normalized spacial score (nSPS) is 24.0. The van der Waals surface area contributed by atoms with Gasteiger partial charge in [0.25, 0.3) is 5.91 Å². The molecule has 3 heterocycles. The topological polar surface area (TPSA) is 111 Å². The Morgan fingerprint density at radius 3 is 2.41 bits per heavy atom. The van der Waals surface area contributed by atoms with Crippen molar-refractivity contribution in [2.24, 2.45) is 5.92 Å². The molecule has 0 radical (unpaired) electrons. The van der Waals surface area contributed by atoms with Gasteiger partial charge in [0.1, 0.15) is 16.7 Å². The van der Waals surface area contributed by atoms with E-state index >= 15 is 0 Å². The van der Waals surface area contributed by atoms with Crippen LogP contribution >= 0.6 is 23.2 Å². The van der Waals surface area contributed by atoms with E-state index in [1.165, 1.54) is 0 Å². The van der Waals surface area contributed by atoms with Crippen molar-refractivity contribution in [2.75, 3.05) is 24.7 Å². The molecule has 12 heteroatoms. The number of aromatic nitrogens is 1. The number of ether oxygens (including phenoxy) is 2. The number of amides is 1. The van der Waals surface area contributed by atoms with Crippen LogP contribution in [0.25, 0.3) is 11.3 Å². The summed E-state index contributed by atoms with van der Waals surface area (Å²) in [5.74, 6) is 0.980. The highest BCUT2D eigenvalue weighted by Crippen LogP contribution is 2.47. The number of hydrogen-bond acceptors (Lipinski definition) is 8. The third-order valence-corrected chi connectivity index (χ3v) is 10.9. The zero-order valence-corrected chi connectivity index (χ0v) is 24.4. The van der Waals surface area contributed by atoms with Crippen LogP contribution in [0.5, 0.6) is 0 Å². The first-order valence-electron chi connectivity index (χ1n) is 13.8. The van der Waals surface area contributed by atoms with Crippen molar-refractivity contribution < 1.29 is 27.2 Å². The van der Waals surface area contributed by atoms with Crippen LogP contribution in [0.3, 0.4) is 0 Å². The van der Waals surface area contributed by atoms with Crippen LogP contribution in [-0.4, -0.2) is 56.6 Å². The Labute approximate surface area is 248 Å². The molecule has 0 spiro atoms. The fourth-order valence-electron chi connectivity index (χ4n) is 6.13. The van der Waals surface area contributed by atoms with Crippen LogP contribution in [0, 0.1) is 5.92 Å². The molecular formula is C29H29Cl2N3O6S. The molecule has 1 amide bonds. The van der Waals surface area contributed by atoms with E-state index in [2.05, 4.69) is 14.8 Å². The molecule has 2 saturated heterocycles. The summed E-state index contributed by atoms with van der Waals surface area (Å²) in [4.78, 5) is 14.9. The monoisotopic (exact) mass is 617 g/mol. The van der Waals surface area contributed by atoms with Gasteiger partial charge >= 0.3 is 0 Å². The maximum absolute atomic E-state index is 12.5. The molecule has 4 aliphatic rings. The highest BCUT2D eigenvalue weighted by Gasteiger charge is 2.46. The third-order valence-electron chi connectivity index (χ3n) is 8.63. The molecule has 2 saturated carbocycles. The molecule has 1 N–H and O–H groups in total. The van der Waals surface area contributed by atoms with Crippen molar-refractivity contribution in [2.45, 2.75) is 55.6 Å². The third kappa shape index (κ3) is 5.14. The number of fused-ring (bicyclic) bond motifs is 2. The molecule has 2 bridgehead atoms. The number of sulfonamides is 1. The van der Waals surface area contributed by atoms with E-state index in [1.807, 2.05) is 18.2 Å². The Hall–Kier alpha value is -2.63. The zero-order valence-electron chi connectivity index (χ0n) is 22.1. The number of rotatable bonds is 9. The zero-order chi connectivity index (χ0) is 28.3. The van der Waals surface area contributed by atoms with Crippen LogP contribution in [0.1, 0.15) is 53.3 Å². The standard InChI is InChI=1S/C29H29Cl2N3O6S/c30-23-2-1-3-24(31)26(23)27-22(28(40-32-27)16-4-5-16)15-39-25-11-20-10-18(25)12-34(20)19-8-6-17(7-9-19)29(35)33-41(36,37)21-13-38-14-21/h1-3,6-9,16,18,20-21,25H,4-5,10-15H2,(H,33,35)/t18-,20-,25+/m0/s1. The number of piperidine rings is 1. The van der Waals surface area contributed by atoms with Crippen molar-refractivity contribution >= 4 is 44.8 Å². The van der Waals surface area contributed by atoms with Crippen molar-refractivity contribution in [3.05, 3.63) is 69.4 Å². The number of carbonyl (C=O) groups excluding carboxylic acids is 1. The first-order chi connectivity index (χ1) is 19.8. The molecule has 0 unspecified atom stereocenters. The Morgan fingerprint density at radius 1 is 1.07 bits per heavy atom. The highest BCUT2D eigenvalue weighted by atomic mass is 35.5. The number of nitrogens with one attached hydrogen (secondary N) is 1. The SMILES string of the molecule is O=C(NS(=O)(=O)C1COC1)c1ccc(N2C[C@@H]3C[C@H]2C[C@H]3OCc2c(-c3c(Cl)cccc3Cl)noc2C2CC2)cc1. The summed E-state index contributed by atoms with van der Waals surface area (Å²) in [7, 11) is -3.73. The molecular weight excluding hydrogens is 589 g/mol. The lowest BCUT2D eigenvalue weighted by Gasteiger charge is -2.33. The van der Waals surface area contributed by atoms with Gasteiger partial charge in [-0.15, -0.1) is 0 Å². The van der Waals surface area contributed by atoms with Gasteiger partial charge in [0.05, 0.1) is 36.0 Å². The number of halogens is 2. The van der Waals surface area contributed by atoms with Crippen LogP contribution < -0.4 is 9.62 Å². The molecule has 41 heavy (non-hydrogen) atoms. The number of nitrogens with zero attached hydrogens (tertiary/aromatic N) is 2. The van der Waals surface area contributed by atoms with E-state index in [1.54, 1.807) is 24.3 Å². The van der Waals surface area contributed by atoms with Crippen molar-refractivity contribution in [3.8, 4) is 11.3 Å². The molecule has 1 aromatic heterocycles. The van der Waals surface area contributed by atoms with Gasteiger partial charge in [0.2, 0.25) is 10.0 Å². The van der Waals surface area contributed by atoms with Crippen LogP contribution in [-0.2, 0) is 26.1 Å². The number of anilines is 1.